The predicted octanol–water partition coefficient (Wildman–Crippen LogP) is 2.36. The highest BCUT2D eigenvalue weighted by molar-refractivity contribution is 4.99. The molecule has 0 heterocycles. The Morgan fingerprint density at radius 2 is 2.27 bits per heavy atom. The lowest BCUT2D eigenvalue weighted by molar-refractivity contribution is 0.199. The van der Waals surface area contributed by atoms with Gasteiger partial charge in [0.2, 0.25) is 0 Å². The molecule has 0 aromatic heterocycles. The first-order valence-corrected chi connectivity index (χ1v) is 5.60. The van der Waals surface area contributed by atoms with Gasteiger partial charge in [0.05, 0.1) is 6.61 Å². The van der Waals surface area contributed by atoms with Gasteiger partial charge in [0.25, 0.3) is 0 Å². The van der Waals surface area contributed by atoms with Crippen molar-refractivity contribution in [1.82, 2.24) is 5.32 Å². The van der Waals surface area contributed by atoms with Crippen LogP contribution in [-0.2, 0) is 4.74 Å². The molecule has 0 aliphatic carbocycles. The molecule has 0 radical (unpaired) electrons. The molecule has 0 bridgehead atoms. The summed E-state index contributed by atoms with van der Waals surface area (Å²) >= 11 is 0. The summed E-state index contributed by atoms with van der Waals surface area (Å²) in [6.45, 7) is 4.91. The van der Waals surface area contributed by atoms with Gasteiger partial charge in [-0.1, -0.05) is 11.6 Å². The van der Waals surface area contributed by atoms with E-state index in [0.29, 0.717) is 0 Å². The monoisotopic (exact) mass is 209 g/mol. The van der Waals surface area contributed by atoms with Crippen LogP contribution in [-0.4, -0.2) is 26.8 Å². The van der Waals surface area contributed by atoms with E-state index in [9.17, 15) is 0 Å². The summed E-state index contributed by atoms with van der Waals surface area (Å²) in [5.74, 6) is 2.66. The van der Waals surface area contributed by atoms with Gasteiger partial charge in [0.15, 0.2) is 0 Å². The minimum absolute atomic E-state index is 0.783. The topological polar surface area (TPSA) is 21.3 Å². The summed E-state index contributed by atoms with van der Waals surface area (Å²) in [4.78, 5) is 0. The molecule has 86 valence electrons. The van der Waals surface area contributed by atoms with Crippen LogP contribution in [0, 0.1) is 12.3 Å². The van der Waals surface area contributed by atoms with Crippen LogP contribution in [0.25, 0.3) is 0 Å². The molecule has 0 fully saturated rings. The van der Waals surface area contributed by atoms with E-state index in [1.165, 1.54) is 5.57 Å². The zero-order valence-electron chi connectivity index (χ0n) is 10.0. The number of methoxy groups -OCH3 is 1. The van der Waals surface area contributed by atoms with Crippen molar-refractivity contribution in [2.24, 2.45) is 0 Å². The van der Waals surface area contributed by atoms with Crippen LogP contribution in [0.15, 0.2) is 11.6 Å². The minimum Gasteiger partial charge on any atom is -0.383 e. The van der Waals surface area contributed by atoms with Gasteiger partial charge in [-0.25, -0.2) is 0 Å². The standard InChI is InChI=1S/C13H23NO/c1-4-5-6-8-13(2)9-7-10-14-11-12-15-3/h1,9,14H,5-8,10-12H2,2-3H3/b13-9-. The van der Waals surface area contributed by atoms with Gasteiger partial charge in [-0.3, -0.25) is 0 Å². The molecule has 0 saturated carbocycles. The van der Waals surface area contributed by atoms with Crippen molar-refractivity contribution < 1.29 is 4.74 Å². The highest BCUT2D eigenvalue weighted by Gasteiger charge is 1.90. The quantitative estimate of drug-likeness (QED) is 0.357. The molecule has 15 heavy (non-hydrogen) atoms. The molecule has 0 aliphatic heterocycles. The van der Waals surface area contributed by atoms with Crippen LogP contribution >= 0.6 is 0 Å². The summed E-state index contributed by atoms with van der Waals surface area (Å²) in [5, 5.41) is 3.31. The summed E-state index contributed by atoms with van der Waals surface area (Å²) in [6.07, 6.45) is 11.7. The van der Waals surface area contributed by atoms with Gasteiger partial charge in [0.1, 0.15) is 0 Å². The molecule has 0 rings (SSSR count). The Hall–Kier alpha value is -0.780. The number of allylic oxidation sites excluding steroid dienone is 1. The highest BCUT2D eigenvalue weighted by Crippen LogP contribution is 2.06. The third-order valence-electron chi connectivity index (χ3n) is 2.19. The van der Waals surface area contributed by atoms with Crippen LogP contribution in [0.5, 0.6) is 0 Å². The first kappa shape index (κ1) is 14.2. The minimum atomic E-state index is 0.783. The molecule has 2 nitrogen and oxygen atoms in total. The number of hydrogen-bond acceptors (Lipinski definition) is 2. The average Bonchev–Trinajstić information content (AvgIpc) is 2.23. The molecule has 0 aromatic carbocycles. The van der Waals surface area contributed by atoms with E-state index in [1.807, 2.05) is 0 Å². The number of unbranched alkanes of at least 4 members (excludes halogenated alkanes) is 1. The van der Waals surface area contributed by atoms with Gasteiger partial charge in [0, 0.05) is 20.1 Å². The van der Waals surface area contributed by atoms with Gasteiger partial charge in [-0.2, -0.15) is 0 Å². The van der Waals surface area contributed by atoms with Gasteiger partial charge >= 0.3 is 0 Å². The molecule has 0 unspecified atom stereocenters. The summed E-state index contributed by atoms with van der Waals surface area (Å²) in [7, 11) is 1.72. The Labute approximate surface area is 94.1 Å². The van der Waals surface area contributed by atoms with Crippen LogP contribution in [0.2, 0.25) is 0 Å². The lowest BCUT2D eigenvalue weighted by atomic mass is 10.1. The second-order valence-electron chi connectivity index (χ2n) is 3.64. The molecule has 0 atom stereocenters. The third kappa shape index (κ3) is 11.1. The Morgan fingerprint density at radius 3 is 2.93 bits per heavy atom. The highest BCUT2D eigenvalue weighted by atomic mass is 16.5. The van der Waals surface area contributed by atoms with Crippen molar-refractivity contribution in [3.63, 3.8) is 0 Å². The molecule has 1 N–H and O–H groups in total. The van der Waals surface area contributed by atoms with Crippen LogP contribution in [0.1, 0.15) is 32.6 Å². The molecule has 0 saturated heterocycles. The normalized spacial score (nSPS) is 11.4. The molecule has 0 amide bonds. The zero-order chi connectivity index (χ0) is 11.4. The molecular formula is C13H23NO. The van der Waals surface area contributed by atoms with Gasteiger partial charge < -0.3 is 10.1 Å². The fourth-order valence-electron chi connectivity index (χ4n) is 1.29. The summed E-state index contributed by atoms with van der Waals surface area (Å²) in [6, 6.07) is 0. The lowest BCUT2D eigenvalue weighted by Crippen LogP contribution is -2.19. The molecule has 0 aliphatic rings. The van der Waals surface area contributed by atoms with Crippen molar-refractivity contribution in [2.45, 2.75) is 32.6 Å². The van der Waals surface area contributed by atoms with E-state index in [2.05, 4.69) is 24.2 Å². The first-order chi connectivity index (χ1) is 7.31. The molecular weight excluding hydrogens is 186 g/mol. The van der Waals surface area contributed by atoms with Crippen LogP contribution < -0.4 is 5.32 Å². The zero-order valence-corrected chi connectivity index (χ0v) is 10.0. The first-order valence-electron chi connectivity index (χ1n) is 5.60. The maximum absolute atomic E-state index is 5.19. The second kappa shape index (κ2) is 11.3. The van der Waals surface area contributed by atoms with Gasteiger partial charge in [-0.15, -0.1) is 12.3 Å². The van der Waals surface area contributed by atoms with E-state index in [0.717, 1.165) is 45.4 Å². The summed E-state index contributed by atoms with van der Waals surface area (Å²) in [5.41, 5.74) is 1.44. The van der Waals surface area contributed by atoms with Crippen molar-refractivity contribution in [2.75, 3.05) is 26.8 Å². The number of rotatable bonds is 9. The maximum atomic E-state index is 5.19. The van der Waals surface area contributed by atoms with Crippen molar-refractivity contribution >= 4 is 0 Å². The van der Waals surface area contributed by atoms with E-state index in [-0.39, 0.29) is 0 Å². The van der Waals surface area contributed by atoms with Crippen molar-refractivity contribution in [3.05, 3.63) is 11.6 Å². The Kier molecular flexibility index (Phi) is 10.7. The van der Waals surface area contributed by atoms with E-state index in [4.69, 9.17) is 11.2 Å². The predicted molar refractivity (Wildman–Crippen MR) is 65.8 cm³/mol. The van der Waals surface area contributed by atoms with Crippen LogP contribution in [0.4, 0.5) is 0 Å². The fourth-order valence-corrected chi connectivity index (χ4v) is 1.29. The largest absolute Gasteiger partial charge is 0.383 e. The second-order valence-corrected chi connectivity index (χ2v) is 3.64. The van der Waals surface area contributed by atoms with E-state index in [1.54, 1.807) is 7.11 Å². The average molecular weight is 209 g/mol. The van der Waals surface area contributed by atoms with Gasteiger partial charge in [-0.05, 0) is 32.7 Å². The Balaban J connectivity index is 3.30. The fraction of sp³-hybridized carbons (Fsp3) is 0.692. The lowest BCUT2D eigenvalue weighted by Gasteiger charge is -2.02. The number of ether oxygens (including phenoxy) is 1. The van der Waals surface area contributed by atoms with Crippen LogP contribution in [0.3, 0.4) is 0 Å². The summed E-state index contributed by atoms with van der Waals surface area (Å²) < 4.78 is 4.94. The van der Waals surface area contributed by atoms with E-state index < -0.39 is 0 Å². The maximum Gasteiger partial charge on any atom is 0.0587 e. The number of terminal acetylenes is 1. The third-order valence-corrected chi connectivity index (χ3v) is 2.19. The molecule has 2 heteroatoms. The Bertz CT molecular complexity index is 203. The van der Waals surface area contributed by atoms with Crippen molar-refractivity contribution in [1.29, 1.82) is 0 Å². The molecule has 0 spiro atoms. The molecule has 0 aromatic rings. The number of nitrogens with one attached hydrogen (secondary N) is 1. The number of hydrogen-bond donors (Lipinski definition) is 1. The SMILES string of the molecule is C#CCCC/C(C)=C\CCNCCOC. The van der Waals surface area contributed by atoms with Crippen molar-refractivity contribution in [3.8, 4) is 12.3 Å². The smallest absolute Gasteiger partial charge is 0.0587 e. The Morgan fingerprint density at radius 1 is 1.47 bits per heavy atom. The van der Waals surface area contributed by atoms with E-state index >= 15 is 0 Å².